The molecule has 0 aliphatic heterocycles. The second-order valence-electron chi connectivity index (χ2n) is 8.81. The lowest BCUT2D eigenvalue weighted by atomic mass is 10.1. The molecule has 1 aliphatic rings. The number of hydrogen-bond acceptors (Lipinski definition) is 6. The fraction of sp³-hybridized carbons (Fsp3) is 0.280. The van der Waals surface area contributed by atoms with E-state index in [9.17, 15) is 15.0 Å². The van der Waals surface area contributed by atoms with E-state index in [1.54, 1.807) is 6.07 Å². The normalized spacial score (nSPS) is 14.3. The number of fused-ring (bicyclic) bond motifs is 1. The van der Waals surface area contributed by atoms with Crippen LogP contribution in [-0.4, -0.2) is 41.7 Å². The van der Waals surface area contributed by atoms with Crippen LogP contribution in [-0.2, 0) is 6.54 Å². The van der Waals surface area contributed by atoms with Gasteiger partial charge in [-0.25, -0.2) is 19.7 Å². The second kappa shape index (κ2) is 8.61. The molecule has 1 unspecified atom stereocenters. The average molecular weight is 478 g/mol. The zero-order chi connectivity index (χ0) is 24.0. The van der Waals surface area contributed by atoms with Gasteiger partial charge in [0.05, 0.1) is 5.56 Å². The van der Waals surface area contributed by atoms with Crippen LogP contribution in [0.15, 0.2) is 42.5 Å². The number of imidazole rings is 1. The summed E-state index contributed by atoms with van der Waals surface area (Å²) in [5, 5.41) is 24.3. The van der Waals surface area contributed by atoms with Crippen molar-refractivity contribution in [1.82, 2.24) is 19.5 Å². The Morgan fingerprint density at radius 2 is 1.91 bits per heavy atom. The van der Waals surface area contributed by atoms with Crippen molar-refractivity contribution >= 4 is 34.6 Å². The molecule has 3 N–H and O–H groups in total. The molecular weight excluding hydrogens is 454 g/mol. The van der Waals surface area contributed by atoms with Crippen molar-refractivity contribution in [1.29, 1.82) is 0 Å². The highest BCUT2D eigenvalue weighted by Gasteiger charge is 2.30. The van der Waals surface area contributed by atoms with E-state index in [-0.39, 0.29) is 23.3 Å². The number of hydrogen-bond donors (Lipinski definition) is 3. The van der Waals surface area contributed by atoms with Crippen LogP contribution in [0.25, 0.3) is 22.6 Å². The minimum atomic E-state index is -1.23. The van der Waals surface area contributed by atoms with Gasteiger partial charge in [-0.05, 0) is 62.4 Å². The SMILES string of the molecule is Cc1ccc(O)c(-c2nc3nc(C(=O)O)nc(NC(C)C4CC4)c3n2Cc2ccc(Cl)cc2)c1. The number of phenols is 1. The maximum absolute atomic E-state index is 11.8. The summed E-state index contributed by atoms with van der Waals surface area (Å²) < 4.78 is 1.92. The number of halogens is 1. The topological polar surface area (TPSA) is 113 Å². The number of nitrogens with zero attached hydrogens (tertiary/aromatic N) is 4. The van der Waals surface area contributed by atoms with Crippen molar-refractivity contribution in [3.63, 3.8) is 0 Å². The first-order valence-electron chi connectivity index (χ1n) is 11.1. The number of anilines is 1. The van der Waals surface area contributed by atoms with Gasteiger partial charge >= 0.3 is 5.97 Å². The van der Waals surface area contributed by atoms with Crippen molar-refractivity contribution in [3.05, 3.63) is 64.4 Å². The summed E-state index contributed by atoms with van der Waals surface area (Å²) in [6, 6.07) is 12.9. The fourth-order valence-corrected chi connectivity index (χ4v) is 4.25. The first-order chi connectivity index (χ1) is 16.3. The molecule has 9 heteroatoms. The molecular formula is C25H24ClN5O3. The number of aryl methyl sites for hydroxylation is 1. The van der Waals surface area contributed by atoms with Crippen molar-refractivity contribution in [2.75, 3.05) is 5.32 Å². The van der Waals surface area contributed by atoms with Gasteiger partial charge in [-0.2, -0.15) is 0 Å². The Hall–Kier alpha value is -3.65. The molecule has 0 spiro atoms. The van der Waals surface area contributed by atoms with Gasteiger partial charge in [-0.3, -0.25) is 0 Å². The van der Waals surface area contributed by atoms with Gasteiger partial charge in [0.15, 0.2) is 11.5 Å². The molecule has 4 aromatic rings. The summed E-state index contributed by atoms with van der Waals surface area (Å²) >= 11 is 6.08. The molecule has 2 heterocycles. The van der Waals surface area contributed by atoms with Gasteiger partial charge in [-0.1, -0.05) is 35.4 Å². The summed E-state index contributed by atoms with van der Waals surface area (Å²) in [5.74, 6) is -0.0612. The Labute approximate surface area is 201 Å². The van der Waals surface area contributed by atoms with Crippen molar-refractivity contribution in [2.45, 2.75) is 39.3 Å². The Balaban J connectivity index is 1.76. The number of phenolic OH excluding ortho intramolecular Hbond substituents is 1. The molecule has 34 heavy (non-hydrogen) atoms. The van der Waals surface area contributed by atoms with E-state index < -0.39 is 5.97 Å². The monoisotopic (exact) mass is 477 g/mol. The van der Waals surface area contributed by atoms with Crippen LogP contribution in [0.1, 0.15) is 41.5 Å². The van der Waals surface area contributed by atoms with E-state index in [0.29, 0.717) is 40.2 Å². The van der Waals surface area contributed by atoms with Crippen molar-refractivity contribution in [2.24, 2.45) is 5.92 Å². The number of aromatic nitrogens is 4. The number of carboxylic acid groups (broad SMARTS) is 1. The highest BCUT2D eigenvalue weighted by atomic mass is 35.5. The van der Waals surface area contributed by atoms with E-state index >= 15 is 0 Å². The zero-order valence-electron chi connectivity index (χ0n) is 18.8. The maximum atomic E-state index is 11.8. The fourth-order valence-electron chi connectivity index (χ4n) is 4.12. The van der Waals surface area contributed by atoms with Gasteiger partial charge in [0, 0.05) is 17.6 Å². The third-order valence-electron chi connectivity index (χ3n) is 6.13. The van der Waals surface area contributed by atoms with Crippen molar-refractivity contribution < 1.29 is 15.0 Å². The summed E-state index contributed by atoms with van der Waals surface area (Å²) in [6.07, 6.45) is 2.25. The van der Waals surface area contributed by atoms with Crippen LogP contribution in [0.4, 0.5) is 5.82 Å². The molecule has 0 radical (unpaired) electrons. The molecule has 0 saturated heterocycles. The first-order valence-corrected chi connectivity index (χ1v) is 11.5. The summed E-state index contributed by atoms with van der Waals surface area (Å²) in [6.45, 7) is 4.40. The van der Waals surface area contributed by atoms with Crippen LogP contribution < -0.4 is 5.32 Å². The van der Waals surface area contributed by atoms with Crippen LogP contribution >= 0.6 is 11.6 Å². The van der Waals surface area contributed by atoms with Gasteiger partial charge in [-0.15, -0.1) is 0 Å². The summed E-state index contributed by atoms with van der Waals surface area (Å²) in [7, 11) is 0. The van der Waals surface area contributed by atoms with Gasteiger partial charge in [0.1, 0.15) is 17.1 Å². The Bertz CT molecular complexity index is 1400. The molecule has 1 aliphatic carbocycles. The first kappa shape index (κ1) is 22.2. The second-order valence-corrected chi connectivity index (χ2v) is 9.25. The number of nitrogens with one attached hydrogen (secondary N) is 1. The quantitative estimate of drug-likeness (QED) is 0.338. The largest absolute Gasteiger partial charge is 0.507 e. The van der Waals surface area contributed by atoms with E-state index in [4.69, 9.17) is 16.6 Å². The molecule has 0 amide bonds. The molecule has 5 rings (SSSR count). The average Bonchev–Trinajstić information content (AvgIpc) is 3.59. The van der Waals surface area contributed by atoms with Crippen LogP contribution in [0.2, 0.25) is 5.02 Å². The maximum Gasteiger partial charge on any atom is 0.374 e. The van der Waals surface area contributed by atoms with Crippen LogP contribution in [0.5, 0.6) is 5.75 Å². The molecule has 8 nitrogen and oxygen atoms in total. The zero-order valence-corrected chi connectivity index (χ0v) is 19.5. The van der Waals surface area contributed by atoms with Crippen LogP contribution in [0.3, 0.4) is 0 Å². The molecule has 0 bridgehead atoms. The summed E-state index contributed by atoms with van der Waals surface area (Å²) in [5.41, 5.74) is 3.28. The highest BCUT2D eigenvalue weighted by molar-refractivity contribution is 6.30. The molecule has 1 fully saturated rings. The Morgan fingerprint density at radius 3 is 2.59 bits per heavy atom. The predicted octanol–water partition coefficient (Wildman–Crippen LogP) is 5.12. The van der Waals surface area contributed by atoms with E-state index in [2.05, 4.69) is 22.2 Å². The lowest BCUT2D eigenvalue weighted by Gasteiger charge is -2.17. The number of carboxylic acids is 1. The number of aromatic hydroxyl groups is 1. The Kier molecular flexibility index (Phi) is 5.61. The minimum absolute atomic E-state index is 0.0746. The smallest absolute Gasteiger partial charge is 0.374 e. The molecule has 2 aromatic heterocycles. The van der Waals surface area contributed by atoms with E-state index in [1.807, 2.05) is 47.9 Å². The number of rotatable bonds is 7. The highest BCUT2D eigenvalue weighted by Crippen LogP contribution is 2.37. The molecule has 174 valence electrons. The molecule has 2 aromatic carbocycles. The Morgan fingerprint density at radius 1 is 1.18 bits per heavy atom. The standard InChI is InChI=1S/C25H24ClN5O3/c1-13-3-10-19(32)18(11-13)24-30-22-20(31(24)12-15-4-8-17(26)9-5-15)21(27-14(2)16-6-7-16)28-23(29-22)25(33)34/h3-5,8-11,14,16,32H,6-7,12H2,1-2H3,(H,33,34)(H,27,28,29). The predicted molar refractivity (Wildman–Crippen MR) is 130 cm³/mol. The lowest BCUT2D eigenvalue weighted by Crippen LogP contribution is -2.20. The number of aromatic carboxylic acids is 1. The van der Waals surface area contributed by atoms with Gasteiger partial charge in [0.2, 0.25) is 5.82 Å². The molecule has 1 saturated carbocycles. The lowest BCUT2D eigenvalue weighted by molar-refractivity contribution is 0.0684. The number of benzene rings is 2. The number of carbonyl (C=O) groups is 1. The van der Waals surface area contributed by atoms with Gasteiger partial charge in [0.25, 0.3) is 0 Å². The third-order valence-corrected chi connectivity index (χ3v) is 6.39. The van der Waals surface area contributed by atoms with Gasteiger partial charge < -0.3 is 20.1 Å². The van der Waals surface area contributed by atoms with E-state index in [1.165, 1.54) is 0 Å². The van der Waals surface area contributed by atoms with Crippen molar-refractivity contribution in [3.8, 4) is 17.1 Å². The third kappa shape index (κ3) is 4.28. The minimum Gasteiger partial charge on any atom is -0.507 e. The van der Waals surface area contributed by atoms with Crippen LogP contribution in [0, 0.1) is 12.8 Å². The summed E-state index contributed by atoms with van der Waals surface area (Å²) in [4.78, 5) is 25.0. The molecule has 1 atom stereocenters. The van der Waals surface area contributed by atoms with E-state index in [0.717, 1.165) is 24.0 Å².